The molecule has 1 unspecified atom stereocenters. The van der Waals surface area contributed by atoms with E-state index in [1.165, 1.54) is 11.3 Å². The fourth-order valence-corrected chi connectivity index (χ4v) is 5.45. The van der Waals surface area contributed by atoms with Gasteiger partial charge in [0.2, 0.25) is 5.91 Å². The van der Waals surface area contributed by atoms with Crippen LogP contribution in [0.25, 0.3) is 22.4 Å². The molecule has 0 aliphatic rings. The Hall–Kier alpha value is -4.38. The second-order valence-corrected chi connectivity index (χ2v) is 10.4. The Bertz CT molecular complexity index is 1570. The summed E-state index contributed by atoms with van der Waals surface area (Å²) in [5.41, 5.74) is 10.2. The van der Waals surface area contributed by atoms with Gasteiger partial charge in [-0.25, -0.2) is 9.97 Å². The molecule has 8 nitrogen and oxygen atoms in total. The summed E-state index contributed by atoms with van der Waals surface area (Å²) in [6.07, 6.45) is 0.863. The molecular formula is C28H24N6O2S2. The number of hydrogen-bond donors (Lipinski definition) is 2. The number of rotatable bonds is 8. The monoisotopic (exact) mass is 540 g/mol. The third-order valence-electron chi connectivity index (χ3n) is 5.84. The number of carbonyl (C=O) groups excluding carboxylic acids is 1. The van der Waals surface area contributed by atoms with Crippen molar-refractivity contribution in [3.8, 4) is 40.3 Å². The lowest BCUT2D eigenvalue weighted by atomic mass is 9.96. The molecule has 0 bridgehead atoms. The van der Waals surface area contributed by atoms with Gasteiger partial charge in [-0.1, -0.05) is 55.1 Å². The zero-order valence-corrected chi connectivity index (χ0v) is 22.6. The molecule has 2 aromatic carbocycles. The first kappa shape index (κ1) is 26.7. The SMILES string of the molecule is CCc1ccc(-c2c(C#N)c(N)nc(SC(C)C(=O)Nc3nc(-c4ccccc4OC)cs3)c2C#N)cc1. The number of nitrogens with zero attached hydrogens (tertiary/aromatic N) is 4. The predicted octanol–water partition coefficient (Wildman–Crippen LogP) is 5.89. The van der Waals surface area contributed by atoms with Gasteiger partial charge in [-0.2, -0.15) is 10.5 Å². The van der Waals surface area contributed by atoms with Crippen molar-refractivity contribution in [2.75, 3.05) is 18.2 Å². The molecule has 0 aliphatic heterocycles. The van der Waals surface area contributed by atoms with Crippen molar-refractivity contribution in [1.82, 2.24) is 9.97 Å². The van der Waals surface area contributed by atoms with E-state index in [1.807, 2.05) is 60.8 Å². The van der Waals surface area contributed by atoms with Gasteiger partial charge >= 0.3 is 0 Å². The first-order valence-electron chi connectivity index (χ1n) is 11.7. The number of ether oxygens (including phenoxy) is 1. The fraction of sp³-hybridized carbons (Fsp3) is 0.179. The number of aromatic nitrogens is 2. The number of nitrogens with one attached hydrogen (secondary N) is 1. The number of para-hydroxylation sites is 1. The van der Waals surface area contributed by atoms with Crippen LogP contribution in [0.4, 0.5) is 10.9 Å². The van der Waals surface area contributed by atoms with Crippen molar-refractivity contribution in [2.45, 2.75) is 30.5 Å². The third kappa shape index (κ3) is 5.47. The van der Waals surface area contributed by atoms with Crippen molar-refractivity contribution < 1.29 is 9.53 Å². The van der Waals surface area contributed by atoms with Crippen LogP contribution in [0.5, 0.6) is 5.75 Å². The number of hydrogen-bond acceptors (Lipinski definition) is 9. The second kappa shape index (κ2) is 11.8. The highest BCUT2D eigenvalue weighted by Gasteiger charge is 2.24. The standard InChI is InChI=1S/C28H24N6O2S2/c1-4-17-9-11-18(12-10-17)24-20(13-29)25(31)33-27(21(24)14-30)38-16(2)26(35)34-28-32-22(15-37-28)19-7-5-6-8-23(19)36-3/h5-12,15-16H,4H2,1-3H3,(H2,31,33)(H,32,34,35). The number of nitrogen functional groups attached to an aromatic ring is 1. The maximum Gasteiger partial charge on any atom is 0.239 e. The van der Waals surface area contributed by atoms with E-state index in [2.05, 4.69) is 27.4 Å². The van der Waals surface area contributed by atoms with E-state index in [-0.39, 0.29) is 27.9 Å². The van der Waals surface area contributed by atoms with Crippen LogP contribution >= 0.6 is 23.1 Å². The fourth-order valence-electron chi connectivity index (χ4n) is 3.82. The summed E-state index contributed by atoms with van der Waals surface area (Å²) in [5.74, 6) is 0.393. The zero-order valence-electron chi connectivity index (χ0n) is 21.0. The van der Waals surface area contributed by atoms with Gasteiger partial charge in [0.05, 0.1) is 23.6 Å². The number of thioether (sulfide) groups is 1. The van der Waals surface area contributed by atoms with Crippen LogP contribution in [0.1, 0.15) is 30.5 Å². The first-order chi connectivity index (χ1) is 18.4. The van der Waals surface area contributed by atoms with Crippen molar-refractivity contribution in [3.63, 3.8) is 0 Å². The van der Waals surface area contributed by atoms with E-state index in [9.17, 15) is 15.3 Å². The van der Waals surface area contributed by atoms with E-state index in [4.69, 9.17) is 10.5 Å². The highest BCUT2D eigenvalue weighted by molar-refractivity contribution is 8.00. The Labute approximate surface area is 229 Å². The maximum absolute atomic E-state index is 13.0. The van der Waals surface area contributed by atoms with Crippen LogP contribution in [-0.2, 0) is 11.2 Å². The Kier molecular flexibility index (Phi) is 8.27. The van der Waals surface area contributed by atoms with Crippen LogP contribution in [0.2, 0.25) is 0 Å². The Morgan fingerprint density at radius 3 is 2.50 bits per heavy atom. The molecule has 0 radical (unpaired) electrons. The Morgan fingerprint density at radius 2 is 1.84 bits per heavy atom. The number of methoxy groups -OCH3 is 1. The summed E-state index contributed by atoms with van der Waals surface area (Å²) in [6, 6.07) is 19.4. The quantitative estimate of drug-likeness (QED) is 0.264. The number of nitrogens with two attached hydrogens (primary N) is 1. The molecule has 0 aliphatic carbocycles. The van der Waals surface area contributed by atoms with Gasteiger partial charge < -0.3 is 15.8 Å². The van der Waals surface area contributed by atoms with Crippen LogP contribution in [0, 0.1) is 22.7 Å². The molecule has 4 rings (SSSR count). The van der Waals surface area contributed by atoms with E-state index < -0.39 is 5.25 Å². The van der Waals surface area contributed by atoms with Crippen LogP contribution in [0.15, 0.2) is 58.9 Å². The van der Waals surface area contributed by atoms with Gasteiger partial charge in [0.25, 0.3) is 0 Å². The molecule has 1 atom stereocenters. The summed E-state index contributed by atoms with van der Waals surface area (Å²) >= 11 is 2.40. The minimum absolute atomic E-state index is 0.0116. The average Bonchev–Trinajstić information content (AvgIpc) is 3.40. The van der Waals surface area contributed by atoms with Crippen molar-refractivity contribution in [3.05, 3.63) is 70.6 Å². The van der Waals surface area contributed by atoms with E-state index in [0.717, 1.165) is 29.3 Å². The second-order valence-electron chi connectivity index (χ2n) is 8.19. The Morgan fingerprint density at radius 1 is 1.13 bits per heavy atom. The summed E-state index contributed by atoms with van der Waals surface area (Å²) in [7, 11) is 1.60. The number of amides is 1. The number of nitriles is 2. The van der Waals surface area contributed by atoms with Crippen molar-refractivity contribution >= 4 is 40.0 Å². The number of pyridine rings is 1. The molecule has 3 N–H and O–H groups in total. The molecule has 0 spiro atoms. The van der Waals surface area contributed by atoms with E-state index in [0.29, 0.717) is 27.7 Å². The normalized spacial score (nSPS) is 11.3. The van der Waals surface area contributed by atoms with Crippen LogP contribution in [0.3, 0.4) is 0 Å². The molecule has 4 aromatic rings. The van der Waals surface area contributed by atoms with Crippen molar-refractivity contribution in [2.24, 2.45) is 0 Å². The van der Waals surface area contributed by atoms with E-state index >= 15 is 0 Å². The average molecular weight is 541 g/mol. The molecule has 0 saturated carbocycles. The van der Waals surface area contributed by atoms with Crippen LogP contribution in [-0.4, -0.2) is 28.2 Å². The first-order valence-corrected chi connectivity index (χ1v) is 13.4. The van der Waals surface area contributed by atoms with Gasteiger partial charge in [-0.05, 0) is 36.6 Å². The molecule has 0 fully saturated rings. The third-order valence-corrected chi connectivity index (χ3v) is 7.69. The highest BCUT2D eigenvalue weighted by Crippen LogP contribution is 2.37. The minimum Gasteiger partial charge on any atom is -0.496 e. The lowest BCUT2D eigenvalue weighted by molar-refractivity contribution is -0.115. The predicted molar refractivity (Wildman–Crippen MR) is 151 cm³/mol. The van der Waals surface area contributed by atoms with Crippen molar-refractivity contribution in [1.29, 1.82) is 10.5 Å². The molecule has 190 valence electrons. The van der Waals surface area contributed by atoms with Gasteiger partial charge in [-0.15, -0.1) is 11.3 Å². The number of aryl methyl sites for hydroxylation is 1. The number of anilines is 2. The topological polar surface area (TPSA) is 138 Å². The number of benzene rings is 2. The minimum atomic E-state index is -0.629. The molecule has 2 heterocycles. The van der Waals surface area contributed by atoms with Gasteiger partial charge in [0, 0.05) is 16.5 Å². The molecule has 2 aromatic heterocycles. The molecular weight excluding hydrogens is 516 g/mol. The maximum atomic E-state index is 13.0. The highest BCUT2D eigenvalue weighted by atomic mass is 32.2. The van der Waals surface area contributed by atoms with Gasteiger partial charge in [-0.3, -0.25) is 4.79 Å². The summed E-state index contributed by atoms with van der Waals surface area (Å²) < 4.78 is 5.41. The number of carbonyl (C=O) groups is 1. The number of thiazole rings is 1. The van der Waals surface area contributed by atoms with E-state index in [1.54, 1.807) is 14.0 Å². The lowest BCUT2D eigenvalue weighted by Crippen LogP contribution is -2.22. The summed E-state index contributed by atoms with van der Waals surface area (Å²) in [5, 5.41) is 24.6. The smallest absolute Gasteiger partial charge is 0.239 e. The lowest BCUT2D eigenvalue weighted by Gasteiger charge is -2.15. The summed E-state index contributed by atoms with van der Waals surface area (Å²) in [4.78, 5) is 21.9. The zero-order chi connectivity index (χ0) is 27.2. The van der Waals surface area contributed by atoms with Gasteiger partial charge in [0.15, 0.2) is 5.13 Å². The largest absolute Gasteiger partial charge is 0.496 e. The molecule has 0 saturated heterocycles. The molecule has 38 heavy (non-hydrogen) atoms. The van der Waals surface area contributed by atoms with Gasteiger partial charge in [0.1, 0.15) is 34.3 Å². The summed E-state index contributed by atoms with van der Waals surface area (Å²) in [6.45, 7) is 3.76. The molecule has 10 heteroatoms. The van der Waals surface area contributed by atoms with Crippen LogP contribution < -0.4 is 15.8 Å². The Balaban J connectivity index is 1.59. The molecule has 1 amide bonds.